The Bertz CT molecular complexity index is 976. The number of hydrogen-bond donors (Lipinski definition) is 4. The zero-order chi connectivity index (χ0) is 21.4. The van der Waals surface area contributed by atoms with Crippen LogP contribution in [0.3, 0.4) is 0 Å². The van der Waals surface area contributed by atoms with Crippen molar-refractivity contribution in [2.24, 2.45) is 5.73 Å². The smallest absolute Gasteiger partial charge is 0.312 e. The summed E-state index contributed by atoms with van der Waals surface area (Å²) in [5, 5.41) is 4.61. The molecule has 2 aromatic rings. The van der Waals surface area contributed by atoms with E-state index in [4.69, 9.17) is 15.2 Å². The van der Waals surface area contributed by atoms with Gasteiger partial charge < -0.3 is 25.8 Å². The second-order valence-electron chi connectivity index (χ2n) is 5.69. The number of methoxy groups -OCH3 is 1. The summed E-state index contributed by atoms with van der Waals surface area (Å²) in [5.74, 6) is 0.135. The summed E-state index contributed by atoms with van der Waals surface area (Å²) in [6.07, 6.45) is 0. The number of benzene rings is 2. The van der Waals surface area contributed by atoms with Crippen molar-refractivity contribution in [1.29, 1.82) is 0 Å². The van der Waals surface area contributed by atoms with Crippen molar-refractivity contribution in [2.75, 3.05) is 30.3 Å². The van der Waals surface area contributed by atoms with Crippen LogP contribution in [0.1, 0.15) is 6.92 Å². The Morgan fingerprint density at radius 3 is 2.31 bits per heavy atom. The lowest BCUT2D eigenvalue weighted by Crippen LogP contribution is -2.36. The van der Waals surface area contributed by atoms with Gasteiger partial charge in [-0.1, -0.05) is 0 Å². The molecule has 0 bridgehead atoms. The van der Waals surface area contributed by atoms with Crippen molar-refractivity contribution in [1.82, 2.24) is 5.32 Å². The van der Waals surface area contributed by atoms with Crippen LogP contribution in [0.15, 0.2) is 47.4 Å². The molecule has 10 nitrogen and oxygen atoms in total. The Morgan fingerprint density at radius 1 is 1.07 bits per heavy atom. The van der Waals surface area contributed by atoms with E-state index in [0.29, 0.717) is 18.0 Å². The van der Waals surface area contributed by atoms with Crippen LogP contribution >= 0.6 is 0 Å². The molecule has 0 unspecified atom stereocenters. The Balaban J connectivity index is 2.23. The molecule has 2 rings (SSSR count). The van der Waals surface area contributed by atoms with E-state index in [9.17, 15) is 18.0 Å². The zero-order valence-corrected chi connectivity index (χ0v) is 16.7. The SMILES string of the molecule is CCOc1ccc(NS(=O)(=O)c2cc(NC(=O)CNC(N)=O)ccc2OC)cc1. The van der Waals surface area contributed by atoms with E-state index in [1.807, 2.05) is 6.92 Å². The Morgan fingerprint density at radius 2 is 1.72 bits per heavy atom. The van der Waals surface area contributed by atoms with Crippen LogP contribution < -0.4 is 30.6 Å². The molecule has 0 saturated carbocycles. The highest BCUT2D eigenvalue weighted by Gasteiger charge is 2.21. The Hall–Kier alpha value is -3.47. The molecule has 2 aromatic carbocycles. The molecular formula is C18H22N4O6S. The first-order chi connectivity index (χ1) is 13.7. The van der Waals surface area contributed by atoms with Crippen molar-refractivity contribution < 1.29 is 27.5 Å². The maximum Gasteiger partial charge on any atom is 0.312 e. The van der Waals surface area contributed by atoms with Crippen LogP contribution in [-0.2, 0) is 14.8 Å². The van der Waals surface area contributed by atoms with Gasteiger partial charge in [0.15, 0.2) is 0 Å². The van der Waals surface area contributed by atoms with Crippen LogP contribution in [0, 0.1) is 0 Å². The van der Waals surface area contributed by atoms with E-state index in [-0.39, 0.29) is 22.9 Å². The second kappa shape index (κ2) is 9.64. The number of amides is 3. The van der Waals surface area contributed by atoms with Gasteiger partial charge in [0.2, 0.25) is 5.91 Å². The van der Waals surface area contributed by atoms with E-state index < -0.39 is 22.0 Å². The molecule has 0 aliphatic rings. The molecule has 0 heterocycles. The maximum atomic E-state index is 12.8. The van der Waals surface area contributed by atoms with E-state index >= 15 is 0 Å². The molecule has 0 aromatic heterocycles. The number of primary amides is 1. The highest BCUT2D eigenvalue weighted by molar-refractivity contribution is 7.92. The average Bonchev–Trinajstić information content (AvgIpc) is 2.68. The van der Waals surface area contributed by atoms with Crippen molar-refractivity contribution in [2.45, 2.75) is 11.8 Å². The second-order valence-corrected chi connectivity index (χ2v) is 7.35. The number of hydrogen-bond acceptors (Lipinski definition) is 6. The summed E-state index contributed by atoms with van der Waals surface area (Å²) in [7, 11) is -2.69. The van der Waals surface area contributed by atoms with Crippen LogP contribution in [0.4, 0.5) is 16.2 Å². The summed E-state index contributed by atoms with van der Waals surface area (Å²) < 4.78 is 38.6. The molecule has 0 atom stereocenters. The predicted octanol–water partition coefficient (Wildman–Crippen LogP) is 1.50. The summed E-state index contributed by atoms with van der Waals surface area (Å²) in [6, 6.07) is 9.69. The summed E-state index contributed by atoms with van der Waals surface area (Å²) >= 11 is 0. The van der Waals surface area contributed by atoms with E-state index in [1.54, 1.807) is 24.3 Å². The summed E-state index contributed by atoms with van der Waals surface area (Å²) in [4.78, 5) is 22.3. The van der Waals surface area contributed by atoms with Gasteiger partial charge >= 0.3 is 6.03 Å². The van der Waals surface area contributed by atoms with Crippen LogP contribution in [0.5, 0.6) is 11.5 Å². The lowest BCUT2D eigenvalue weighted by molar-refractivity contribution is -0.115. The standard InChI is InChI=1S/C18H22N4O6S/c1-3-28-14-7-4-12(5-8-14)22-29(25,26)16-10-13(6-9-15(16)27-2)21-17(23)11-20-18(19)24/h4-10,22H,3,11H2,1-2H3,(H,21,23)(H3,19,20,24). The van der Waals surface area contributed by atoms with Gasteiger partial charge in [0.05, 0.1) is 20.3 Å². The van der Waals surface area contributed by atoms with Crippen molar-refractivity contribution in [3.8, 4) is 11.5 Å². The largest absolute Gasteiger partial charge is 0.495 e. The number of sulfonamides is 1. The quantitative estimate of drug-likeness (QED) is 0.481. The fourth-order valence-electron chi connectivity index (χ4n) is 2.33. The third-order valence-corrected chi connectivity index (χ3v) is 4.98. The van der Waals surface area contributed by atoms with Crippen molar-refractivity contribution >= 4 is 33.3 Å². The molecule has 0 aliphatic heterocycles. The van der Waals surface area contributed by atoms with Gasteiger partial charge in [-0.2, -0.15) is 0 Å². The minimum absolute atomic E-state index is 0.0942. The zero-order valence-electron chi connectivity index (χ0n) is 15.9. The highest BCUT2D eigenvalue weighted by Crippen LogP contribution is 2.29. The van der Waals surface area contributed by atoms with Gasteiger partial charge in [-0.15, -0.1) is 0 Å². The summed E-state index contributed by atoms with van der Waals surface area (Å²) in [6.45, 7) is 1.99. The maximum absolute atomic E-state index is 12.8. The number of carbonyl (C=O) groups excluding carboxylic acids is 2. The molecule has 0 radical (unpaired) electrons. The average molecular weight is 422 g/mol. The molecule has 0 aliphatic carbocycles. The van der Waals surface area contributed by atoms with Crippen molar-refractivity contribution in [3.05, 3.63) is 42.5 Å². The van der Waals surface area contributed by atoms with Gasteiger partial charge in [0.25, 0.3) is 10.0 Å². The number of ether oxygens (including phenoxy) is 2. The minimum Gasteiger partial charge on any atom is -0.495 e. The van der Waals surface area contributed by atoms with Gasteiger partial charge in [-0.3, -0.25) is 9.52 Å². The fourth-order valence-corrected chi connectivity index (χ4v) is 3.59. The third-order valence-electron chi connectivity index (χ3n) is 3.58. The lowest BCUT2D eigenvalue weighted by Gasteiger charge is -2.14. The normalized spacial score (nSPS) is 10.7. The predicted molar refractivity (Wildman–Crippen MR) is 108 cm³/mol. The van der Waals surface area contributed by atoms with Crippen LogP contribution in [0.2, 0.25) is 0 Å². The Labute approximate surface area is 168 Å². The molecule has 0 spiro atoms. The number of nitrogens with one attached hydrogen (secondary N) is 3. The van der Waals surface area contributed by atoms with E-state index in [2.05, 4.69) is 15.4 Å². The first kappa shape index (κ1) is 21.8. The summed E-state index contributed by atoms with van der Waals surface area (Å²) in [5.41, 5.74) is 5.44. The first-order valence-corrected chi connectivity index (χ1v) is 10.0. The first-order valence-electron chi connectivity index (χ1n) is 8.52. The van der Waals surface area contributed by atoms with Crippen LogP contribution in [0.25, 0.3) is 0 Å². The molecule has 11 heteroatoms. The molecule has 156 valence electrons. The third kappa shape index (κ3) is 6.28. The van der Waals surface area contributed by atoms with Gasteiger partial charge in [0.1, 0.15) is 16.4 Å². The molecule has 0 fully saturated rings. The molecule has 0 saturated heterocycles. The Kier molecular flexibility index (Phi) is 7.26. The fraction of sp³-hybridized carbons (Fsp3) is 0.222. The minimum atomic E-state index is -4.02. The molecule has 29 heavy (non-hydrogen) atoms. The highest BCUT2D eigenvalue weighted by atomic mass is 32.2. The van der Waals surface area contributed by atoms with Crippen LogP contribution in [-0.4, -0.2) is 40.6 Å². The number of rotatable bonds is 9. The number of urea groups is 1. The lowest BCUT2D eigenvalue weighted by atomic mass is 10.3. The van der Waals surface area contributed by atoms with E-state index in [0.717, 1.165) is 0 Å². The van der Waals surface area contributed by atoms with Crippen molar-refractivity contribution in [3.63, 3.8) is 0 Å². The molecule has 5 N–H and O–H groups in total. The van der Waals surface area contributed by atoms with Gasteiger partial charge in [-0.25, -0.2) is 13.2 Å². The van der Waals surface area contributed by atoms with E-state index in [1.165, 1.54) is 25.3 Å². The van der Waals surface area contributed by atoms with Gasteiger partial charge in [-0.05, 0) is 49.4 Å². The van der Waals surface area contributed by atoms with Gasteiger partial charge in [0, 0.05) is 11.4 Å². The molecule has 3 amide bonds. The topological polar surface area (TPSA) is 149 Å². The number of anilines is 2. The number of nitrogens with two attached hydrogens (primary N) is 1. The monoisotopic (exact) mass is 422 g/mol. The molecular weight excluding hydrogens is 400 g/mol. The number of carbonyl (C=O) groups is 2.